The van der Waals surface area contributed by atoms with Gasteiger partial charge in [-0.2, -0.15) is 0 Å². The van der Waals surface area contributed by atoms with Crippen LogP contribution in [0.5, 0.6) is 0 Å². The van der Waals surface area contributed by atoms with Gasteiger partial charge in [-0.05, 0) is 60.9 Å². The van der Waals surface area contributed by atoms with Crippen LogP contribution in [0.25, 0.3) is 0 Å². The molecule has 1 atom stereocenters. The largest absolute Gasteiger partial charge is 0.350 e. The molecule has 3 aromatic rings. The highest BCUT2D eigenvalue weighted by molar-refractivity contribution is 7.91. The fourth-order valence-corrected chi connectivity index (χ4v) is 4.58. The highest BCUT2D eigenvalue weighted by atomic mass is 32.2. The Morgan fingerprint density at radius 3 is 2.39 bits per heavy atom. The van der Waals surface area contributed by atoms with Crippen LogP contribution in [0.2, 0.25) is 0 Å². The Morgan fingerprint density at radius 2 is 1.75 bits per heavy atom. The third kappa shape index (κ3) is 4.28. The number of nitrogens with one attached hydrogen (secondary N) is 1. The number of pyridine rings is 1. The molecule has 5 nitrogen and oxygen atoms in total. The van der Waals surface area contributed by atoms with E-state index in [1.807, 2.05) is 19.9 Å². The van der Waals surface area contributed by atoms with Crippen molar-refractivity contribution in [2.75, 3.05) is 6.54 Å². The first-order valence-corrected chi connectivity index (χ1v) is 10.5. The second-order valence-corrected chi connectivity index (χ2v) is 8.77. The molecule has 28 heavy (non-hydrogen) atoms. The Balaban J connectivity index is 1.88. The number of hydrogen-bond donors (Lipinski definition) is 1. The molecule has 6 heteroatoms. The van der Waals surface area contributed by atoms with Gasteiger partial charge in [-0.15, -0.1) is 0 Å². The molecule has 144 valence electrons. The van der Waals surface area contributed by atoms with Gasteiger partial charge in [-0.1, -0.05) is 30.3 Å². The highest BCUT2D eigenvalue weighted by Crippen LogP contribution is 2.28. The molecule has 3 rings (SSSR count). The average molecular weight is 394 g/mol. The smallest absolute Gasteiger partial charge is 0.251 e. The van der Waals surface area contributed by atoms with Crippen molar-refractivity contribution in [1.29, 1.82) is 0 Å². The minimum absolute atomic E-state index is 0.0469. The fraction of sp³-hybridized carbons (Fsp3) is 0.182. The molecule has 0 aliphatic heterocycles. The molecular formula is C22H22N2O3S. The van der Waals surface area contributed by atoms with Crippen molar-refractivity contribution in [3.05, 3.63) is 95.3 Å². The predicted octanol–water partition coefficient (Wildman–Crippen LogP) is 3.64. The Bertz CT molecular complexity index is 1070. The van der Waals surface area contributed by atoms with Crippen molar-refractivity contribution < 1.29 is 13.2 Å². The molecule has 1 unspecified atom stereocenters. The maximum Gasteiger partial charge on any atom is 0.251 e. The number of sulfone groups is 1. The van der Waals surface area contributed by atoms with Gasteiger partial charge >= 0.3 is 0 Å². The molecule has 0 aliphatic rings. The van der Waals surface area contributed by atoms with Gasteiger partial charge in [0.2, 0.25) is 0 Å². The topological polar surface area (TPSA) is 76.1 Å². The predicted molar refractivity (Wildman–Crippen MR) is 109 cm³/mol. The number of hydrogen-bond acceptors (Lipinski definition) is 4. The number of benzene rings is 2. The van der Waals surface area contributed by atoms with Gasteiger partial charge in [0, 0.05) is 24.5 Å². The van der Waals surface area contributed by atoms with Crippen LogP contribution in [0.3, 0.4) is 0 Å². The molecule has 0 fully saturated rings. The fourth-order valence-electron chi connectivity index (χ4n) is 2.92. The summed E-state index contributed by atoms with van der Waals surface area (Å²) >= 11 is 0. The Labute approximate surface area is 165 Å². The van der Waals surface area contributed by atoms with Crippen LogP contribution in [0, 0.1) is 13.8 Å². The minimum Gasteiger partial charge on any atom is -0.350 e. The van der Waals surface area contributed by atoms with Crippen LogP contribution in [0.1, 0.15) is 32.3 Å². The van der Waals surface area contributed by atoms with Crippen LogP contribution in [0.4, 0.5) is 0 Å². The third-order valence-corrected chi connectivity index (χ3v) is 6.84. The lowest BCUT2D eigenvalue weighted by atomic mass is 10.1. The number of amides is 1. The minimum atomic E-state index is -3.70. The molecular weight excluding hydrogens is 372 g/mol. The zero-order valence-corrected chi connectivity index (χ0v) is 16.6. The number of carbonyl (C=O) groups excluding carboxylic acids is 1. The summed E-state index contributed by atoms with van der Waals surface area (Å²) in [6.45, 7) is 3.86. The van der Waals surface area contributed by atoms with Crippen LogP contribution in [-0.4, -0.2) is 25.9 Å². The number of carbonyl (C=O) groups is 1. The molecule has 0 bridgehead atoms. The van der Waals surface area contributed by atoms with Crippen LogP contribution in [0.15, 0.2) is 78.0 Å². The average Bonchev–Trinajstić information content (AvgIpc) is 2.71. The van der Waals surface area contributed by atoms with E-state index in [2.05, 4.69) is 10.3 Å². The molecule has 1 amide bonds. The monoisotopic (exact) mass is 394 g/mol. The lowest BCUT2D eigenvalue weighted by molar-refractivity contribution is 0.0953. The second-order valence-electron chi connectivity index (χ2n) is 6.64. The highest BCUT2D eigenvalue weighted by Gasteiger charge is 2.29. The van der Waals surface area contributed by atoms with E-state index in [4.69, 9.17) is 0 Å². The normalized spacial score (nSPS) is 12.4. The van der Waals surface area contributed by atoms with E-state index in [0.29, 0.717) is 11.1 Å². The van der Waals surface area contributed by atoms with Crippen molar-refractivity contribution in [3.63, 3.8) is 0 Å². The first kappa shape index (κ1) is 19.8. The molecule has 0 radical (unpaired) electrons. The van der Waals surface area contributed by atoms with E-state index in [0.717, 1.165) is 11.1 Å². The van der Waals surface area contributed by atoms with E-state index >= 15 is 0 Å². The summed E-state index contributed by atoms with van der Waals surface area (Å²) in [5, 5.41) is 1.84. The molecule has 1 N–H and O–H groups in total. The van der Waals surface area contributed by atoms with Crippen LogP contribution in [-0.2, 0) is 9.84 Å². The van der Waals surface area contributed by atoms with Gasteiger partial charge < -0.3 is 5.32 Å². The van der Waals surface area contributed by atoms with Gasteiger partial charge in [-0.3, -0.25) is 9.78 Å². The summed E-state index contributed by atoms with van der Waals surface area (Å²) in [6, 6.07) is 17.1. The van der Waals surface area contributed by atoms with Crippen molar-refractivity contribution in [2.45, 2.75) is 24.0 Å². The molecule has 0 spiro atoms. The first-order valence-electron chi connectivity index (χ1n) is 8.94. The van der Waals surface area contributed by atoms with Crippen LogP contribution >= 0.6 is 0 Å². The van der Waals surface area contributed by atoms with E-state index in [-0.39, 0.29) is 17.3 Å². The number of aromatic nitrogens is 1. The SMILES string of the molecule is Cc1ccc(C(=O)NCC(c2cccnc2)S(=O)(=O)c2ccccc2)cc1C. The quantitative estimate of drug-likeness (QED) is 0.692. The van der Waals surface area contributed by atoms with Gasteiger partial charge in [0.05, 0.1) is 4.90 Å². The van der Waals surface area contributed by atoms with Gasteiger partial charge in [0.1, 0.15) is 5.25 Å². The van der Waals surface area contributed by atoms with E-state index in [1.54, 1.807) is 60.8 Å². The number of nitrogens with zero attached hydrogens (tertiary/aromatic N) is 1. The van der Waals surface area contributed by atoms with Crippen molar-refractivity contribution in [2.24, 2.45) is 0 Å². The maximum absolute atomic E-state index is 13.2. The molecule has 1 heterocycles. The standard InChI is InChI=1S/C22H22N2O3S/c1-16-10-11-18(13-17(16)2)22(25)24-15-21(19-7-6-12-23-14-19)28(26,27)20-8-4-3-5-9-20/h3-14,21H,15H2,1-2H3,(H,24,25). The molecule has 0 saturated heterocycles. The Morgan fingerprint density at radius 1 is 1.00 bits per heavy atom. The van der Waals surface area contributed by atoms with Gasteiger partial charge in [-0.25, -0.2) is 8.42 Å². The Hall–Kier alpha value is -2.99. The van der Waals surface area contributed by atoms with Gasteiger partial charge in [0.15, 0.2) is 9.84 Å². The van der Waals surface area contributed by atoms with Crippen LogP contribution < -0.4 is 5.32 Å². The third-order valence-electron chi connectivity index (χ3n) is 4.72. The van der Waals surface area contributed by atoms with E-state index in [1.165, 1.54) is 6.20 Å². The summed E-state index contributed by atoms with van der Waals surface area (Å²) < 4.78 is 26.4. The van der Waals surface area contributed by atoms with Crippen molar-refractivity contribution >= 4 is 15.7 Å². The summed E-state index contributed by atoms with van der Waals surface area (Å²) in [6.07, 6.45) is 3.11. The van der Waals surface area contributed by atoms with Gasteiger partial charge in [0.25, 0.3) is 5.91 Å². The zero-order valence-electron chi connectivity index (χ0n) is 15.8. The summed E-state index contributed by atoms with van der Waals surface area (Å²) in [5.74, 6) is -0.305. The van der Waals surface area contributed by atoms with Crippen molar-refractivity contribution in [1.82, 2.24) is 10.3 Å². The maximum atomic E-state index is 13.2. The van der Waals surface area contributed by atoms with E-state index in [9.17, 15) is 13.2 Å². The first-order chi connectivity index (χ1) is 13.4. The molecule has 0 aliphatic carbocycles. The number of aryl methyl sites for hydroxylation is 2. The summed E-state index contributed by atoms with van der Waals surface area (Å²) in [7, 11) is -3.70. The summed E-state index contributed by atoms with van der Waals surface area (Å²) in [4.78, 5) is 16.8. The molecule has 1 aromatic heterocycles. The Kier molecular flexibility index (Phi) is 5.90. The van der Waals surface area contributed by atoms with E-state index < -0.39 is 15.1 Å². The molecule has 0 saturated carbocycles. The van der Waals surface area contributed by atoms with Crippen molar-refractivity contribution in [3.8, 4) is 0 Å². The summed E-state index contributed by atoms with van der Waals surface area (Å²) in [5.41, 5.74) is 3.14. The zero-order chi connectivity index (χ0) is 20.1. The lowest BCUT2D eigenvalue weighted by Gasteiger charge is -2.19. The number of rotatable bonds is 6. The second kappa shape index (κ2) is 8.35. The lowest BCUT2D eigenvalue weighted by Crippen LogP contribution is -2.32. The molecule has 2 aromatic carbocycles.